The molecule has 1 aliphatic rings. The van der Waals surface area contributed by atoms with Crippen molar-refractivity contribution in [2.75, 3.05) is 6.54 Å². The first-order chi connectivity index (χ1) is 8.74. The zero-order chi connectivity index (χ0) is 12.5. The Balaban J connectivity index is 2.06. The average molecular weight is 351 g/mol. The van der Waals surface area contributed by atoms with Gasteiger partial charge in [0.1, 0.15) is 5.75 Å². The quantitative estimate of drug-likeness (QED) is 0.774. The van der Waals surface area contributed by atoms with Crippen molar-refractivity contribution in [1.29, 1.82) is 0 Å². The van der Waals surface area contributed by atoms with Crippen molar-refractivity contribution in [2.24, 2.45) is 0 Å². The predicted octanol–water partition coefficient (Wildman–Crippen LogP) is 3.23. The number of aromatic hydroxyl groups is 1. The molecule has 2 aromatic rings. The third kappa shape index (κ3) is 2.24. The summed E-state index contributed by atoms with van der Waals surface area (Å²) in [6, 6.07) is 14.5. The van der Waals surface area contributed by atoms with Gasteiger partial charge in [0.05, 0.1) is 6.04 Å². The zero-order valence-electron chi connectivity index (χ0n) is 9.86. The highest BCUT2D eigenvalue weighted by Crippen LogP contribution is 2.31. The van der Waals surface area contributed by atoms with Gasteiger partial charge in [0.2, 0.25) is 0 Å². The normalized spacial score (nSPS) is 18.4. The van der Waals surface area contributed by atoms with Gasteiger partial charge in [0, 0.05) is 10.1 Å². The minimum atomic E-state index is 0.240. The van der Waals surface area contributed by atoms with Crippen LogP contribution < -0.4 is 5.32 Å². The number of hydrogen-bond donors (Lipinski definition) is 2. The lowest BCUT2D eigenvalue weighted by Crippen LogP contribution is -2.30. The van der Waals surface area contributed by atoms with E-state index in [0.29, 0.717) is 5.75 Å². The van der Waals surface area contributed by atoms with Gasteiger partial charge in [0.25, 0.3) is 0 Å². The van der Waals surface area contributed by atoms with Gasteiger partial charge in [-0.3, -0.25) is 0 Å². The lowest BCUT2D eigenvalue weighted by Gasteiger charge is -2.27. The second-order valence-corrected chi connectivity index (χ2v) is 5.82. The molecule has 0 radical (unpaired) electrons. The van der Waals surface area contributed by atoms with Crippen LogP contribution in [-0.4, -0.2) is 11.7 Å². The van der Waals surface area contributed by atoms with Crippen LogP contribution in [0.2, 0.25) is 0 Å². The van der Waals surface area contributed by atoms with E-state index in [9.17, 15) is 5.11 Å². The third-order valence-electron chi connectivity index (χ3n) is 3.36. The second-order valence-electron chi connectivity index (χ2n) is 4.58. The number of hydrogen-bond acceptors (Lipinski definition) is 2. The van der Waals surface area contributed by atoms with Gasteiger partial charge in [-0.05, 0) is 70.0 Å². The first kappa shape index (κ1) is 12.0. The molecular weight excluding hydrogens is 337 g/mol. The smallest absolute Gasteiger partial charge is 0.115 e. The van der Waals surface area contributed by atoms with E-state index in [-0.39, 0.29) is 6.04 Å². The molecular formula is C15H14INO. The summed E-state index contributed by atoms with van der Waals surface area (Å²) in [7, 11) is 0. The van der Waals surface area contributed by atoms with Crippen molar-refractivity contribution in [3.63, 3.8) is 0 Å². The van der Waals surface area contributed by atoms with Gasteiger partial charge < -0.3 is 10.4 Å². The van der Waals surface area contributed by atoms with Crippen LogP contribution in [0.1, 0.15) is 22.7 Å². The molecule has 3 heteroatoms. The summed E-state index contributed by atoms with van der Waals surface area (Å²) in [5.74, 6) is 0.358. The van der Waals surface area contributed by atoms with E-state index in [1.54, 1.807) is 6.07 Å². The Morgan fingerprint density at radius 1 is 1.17 bits per heavy atom. The number of nitrogens with one attached hydrogen (secondary N) is 1. The molecule has 1 atom stereocenters. The molecule has 0 aromatic heterocycles. The molecule has 92 valence electrons. The lowest BCUT2D eigenvalue weighted by atomic mass is 9.90. The molecule has 1 heterocycles. The Morgan fingerprint density at radius 2 is 2.06 bits per heavy atom. The van der Waals surface area contributed by atoms with Crippen molar-refractivity contribution in [1.82, 2.24) is 5.32 Å². The fourth-order valence-corrected chi connectivity index (χ4v) is 3.10. The van der Waals surface area contributed by atoms with Crippen molar-refractivity contribution in [2.45, 2.75) is 12.5 Å². The van der Waals surface area contributed by atoms with Crippen LogP contribution in [0.25, 0.3) is 0 Å². The number of halogens is 1. The summed E-state index contributed by atoms with van der Waals surface area (Å²) in [5.41, 5.74) is 3.81. The van der Waals surface area contributed by atoms with Gasteiger partial charge in [-0.25, -0.2) is 0 Å². The van der Waals surface area contributed by atoms with Crippen LogP contribution in [0.4, 0.5) is 0 Å². The van der Waals surface area contributed by atoms with Crippen molar-refractivity contribution >= 4 is 22.6 Å². The molecule has 0 fully saturated rings. The molecule has 1 unspecified atom stereocenters. The summed E-state index contributed by atoms with van der Waals surface area (Å²) < 4.78 is 1.25. The minimum Gasteiger partial charge on any atom is -0.508 e. The van der Waals surface area contributed by atoms with Crippen molar-refractivity contribution < 1.29 is 5.11 Å². The fourth-order valence-electron chi connectivity index (χ4n) is 2.53. The van der Waals surface area contributed by atoms with Crippen LogP contribution in [0.15, 0.2) is 42.5 Å². The van der Waals surface area contributed by atoms with Crippen LogP contribution in [0.3, 0.4) is 0 Å². The number of phenolic OH excluding ortho intramolecular Hbond substituents is 1. The molecule has 0 saturated heterocycles. The van der Waals surface area contributed by atoms with E-state index in [4.69, 9.17) is 0 Å². The van der Waals surface area contributed by atoms with Crippen LogP contribution in [-0.2, 0) is 6.42 Å². The van der Waals surface area contributed by atoms with E-state index >= 15 is 0 Å². The number of benzene rings is 2. The van der Waals surface area contributed by atoms with E-state index in [1.807, 2.05) is 12.1 Å². The van der Waals surface area contributed by atoms with Gasteiger partial charge >= 0.3 is 0 Å². The second kappa shape index (κ2) is 4.90. The fraction of sp³-hybridized carbons (Fsp3) is 0.200. The molecule has 1 aliphatic heterocycles. The minimum absolute atomic E-state index is 0.240. The van der Waals surface area contributed by atoms with Gasteiger partial charge in [-0.15, -0.1) is 0 Å². The number of phenols is 1. The Bertz CT molecular complexity index is 582. The van der Waals surface area contributed by atoms with E-state index in [0.717, 1.165) is 13.0 Å². The van der Waals surface area contributed by atoms with E-state index in [1.165, 1.54) is 20.3 Å². The standard InChI is InChI=1S/C15H14INO/c16-12-3-1-2-11(8-12)15-14-5-4-13(18)9-10(14)6-7-17-15/h1-5,8-9,15,17-18H,6-7H2. The van der Waals surface area contributed by atoms with Crippen LogP contribution >= 0.6 is 22.6 Å². The lowest BCUT2D eigenvalue weighted by molar-refractivity contribution is 0.471. The topological polar surface area (TPSA) is 32.3 Å². The highest BCUT2D eigenvalue weighted by Gasteiger charge is 2.21. The third-order valence-corrected chi connectivity index (χ3v) is 4.03. The van der Waals surface area contributed by atoms with Crippen molar-refractivity contribution in [3.05, 3.63) is 62.7 Å². The van der Waals surface area contributed by atoms with Gasteiger partial charge in [0.15, 0.2) is 0 Å². The average Bonchev–Trinajstić information content (AvgIpc) is 2.37. The summed E-state index contributed by atoms with van der Waals surface area (Å²) >= 11 is 2.34. The molecule has 2 aromatic carbocycles. The SMILES string of the molecule is Oc1ccc2c(c1)CCNC2c1cccc(I)c1. The Morgan fingerprint density at radius 3 is 2.89 bits per heavy atom. The molecule has 0 saturated carbocycles. The summed E-state index contributed by atoms with van der Waals surface area (Å²) in [6.07, 6.45) is 0.976. The van der Waals surface area contributed by atoms with Crippen LogP contribution in [0.5, 0.6) is 5.75 Å². The maximum absolute atomic E-state index is 9.57. The largest absolute Gasteiger partial charge is 0.508 e. The predicted molar refractivity (Wildman–Crippen MR) is 80.8 cm³/mol. The summed E-state index contributed by atoms with van der Waals surface area (Å²) in [6.45, 7) is 0.951. The molecule has 0 amide bonds. The molecule has 0 spiro atoms. The maximum atomic E-state index is 9.57. The molecule has 18 heavy (non-hydrogen) atoms. The van der Waals surface area contributed by atoms with Crippen molar-refractivity contribution in [3.8, 4) is 5.75 Å². The molecule has 0 aliphatic carbocycles. The van der Waals surface area contributed by atoms with Gasteiger partial charge in [-0.2, -0.15) is 0 Å². The molecule has 2 nitrogen and oxygen atoms in total. The molecule has 3 rings (SSSR count). The Labute approximate surface area is 120 Å². The zero-order valence-corrected chi connectivity index (χ0v) is 12.0. The first-order valence-corrected chi connectivity index (χ1v) is 7.12. The Kier molecular flexibility index (Phi) is 3.26. The van der Waals surface area contributed by atoms with E-state index < -0.39 is 0 Å². The summed E-state index contributed by atoms with van der Waals surface area (Å²) in [5, 5.41) is 13.1. The molecule has 2 N–H and O–H groups in total. The van der Waals surface area contributed by atoms with E-state index in [2.05, 4.69) is 52.2 Å². The molecule has 0 bridgehead atoms. The monoisotopic (exact) mass is 351 g/mol. The highest BCUT2D eigenvalue weighted by atomic mass is 127. The van der Waals surface area contributed by atoms with Crippen LogP contribution in [0, 0.1) is 3.57 Å². The Hall–Kier alpha value is -1.07. The number of fused-ring (bicyclic) bond motifs is 1. The first-order valence-electron chi connectivity index (χ1n) is 6.05. The number of rotatable bonds is 1. The summed E-state index contributed by atoms with van der Waals surface area (Å²) in [4.78, 5) is 0. The maximum Gasteiger partial charge on any atom is 0.115 e. The highest BCUT2D eigenvalue weighted by molar-refractivity contribution is 14.1. The van der Waals surface area contributed by atoms with Gasteiger partial charge in [-0.1, -0.05) is 18.2 Å².